The summed E-state index contributed by atoms with van der Waals surface area (Å²) in [5.41, 5.74) is 2.15. The molecular formula is C17H22NO2+. The summed E-state index contributed by atoms with van der Waals surface area (Å²) in [5, 5.41) is 12.5. The van der Waals surface area contributed by atoms with Crippen LogP contribution in [-0.4, -0.2) is 18.3 Å². The molecular weight excluding hydrogens is 250 g/mol. The third-order valence-corrected chi connectivity index (χ3v) is 3.50. The fourth-order valence-corrected chi connectivity index (χ4v) is 2.20. The van der Waals surface area contributed by atoms with Gasteiger partial charge >= 0.3 is 0 Å². The monoisotopic (exact) mass is 272 g/mol. The zero-order valence-electron chi connectivity index (χ0n) is 12.0. The van der Waals surface area contributed by atoms with Crippen LogP contribution in [-0.2, 0) is 6.54 Å². The molecule has 0 heterocycles. The largest absolute Gasteiger partial charge is 0.497 e. The second kappa shape index (κ2) is 7.08. The van der Waals surface area contributed by atoms with Gasteiger partial charge in [-0.15, -0.1) is 0 Å². The Hall–Kier alpha value is -1.84. The van der Waals surface area contributed by atoms with Crippen molar-refractivity contribution < 1.29 is 15.2 Å². The van der Waals surface area contributed by atoms with Crippen molar-refractivity contribution in [2.45, 2.75) is 25.6 Å². The summed E-state index contributed by atoms with van der Waals surface area (Å²) in [6.07, 6.45) is -0.457. The van der Waals surface area contributed by atoms with Crippen LogP contribution in [0.1, 0.15) is 24.2 Å². The molecule has 2 aromatic carbocycles. The van der Waals surface area contributed by atoms with E-state index in [9.17, 15) is 5.11 Å². The van der Waals surface area contributed by atoms with Crippen molar-refractivity contribution in [2.75, 3.05) is 7.11 Å². The van der Waals surface area contributed by atoms with Gasteiger partial charge in [0.15, 0.2) is 0 Å². The van der Waals surface area contributed by atoms with E-state index in [1.807, 2.05) is 55.5 Å². The molecule has 0 saturated heterocycles. The van der Waals surface area contributed by atoms with E-state index in [1.54, 1.807) is 7.11 Å². The molecule has 0 fully saturated rings. The second-order valence-electron chi connectivity index (χ2n) is 5.01. The quantitative estimate of drug-likeness (QED) is 0.843. The summed E-state index contributed by atoms with van der Waals surface area (Å²) in [6, 6.07) is 17.9. The standard InChI is InChI=1S/C17H21NO2/c1-13(17(19)15-8-4-3-5-9-15)18-12-14-7-6-10-16(11-14)20-2/h3-11,13,17-19H,12H2,1-2H3/p+1/t13-,17+/m1/s1. The highest BCUT2D eigenvalue weighted by Crippen LogP contribution is 2.14. The number of hydrogen-bond donors (Lipinski definition) is 2. The summed E-state index contributed by atoms with van der Waals surface area (Å²) in [6.45, 7) is 2.86. The molecule has 106 valence electrons. The van der Waals surface area contributed by atoms with Gasteiger partial charge in [-0.05, 0) is 24.6 Å². The molecule has 0 spiro atoms. The summed E-state index contributed by atoms with van der Waals surface area (Å²) in [5.74, 6) is 0.868. The molecule has 0 saturated carbocycles. The number of nitrogens with two attached hydrogens (primary N) is 1. The van der Waals surface area contributed by atoms with Crippen molar-refractivity contribution in [2.24, 2.45) is 0 Å². The summed E-state index contributed by atoms with van der Waals surface area (Å²) in [4.78, 5) is 0. The Balaban J connectivity index is 1.93. The Kier molecular flexibility index (Phi) is 5.16. The molecule has 20 heavy (non-hydrogen) atoms. The molecule has 0 amide bonds. The van der Waals surface area contributed by atoms with E-state index in [4.69, 9.17) is 4.74 Å². The third kappa shape index (κ3) is 3.83. The van der Waals surface area contributed by atoms with Crippen molar-refractivity contribution >= 4 is 0 Å². The average Bonchev–Trinajstić information content (AvgIpc) is 2.53. The third-order valence-electron chi connectivity index (χ3n) is 3.50. The van der Waals surface area contributed by atoms with Gasteiger partial charge in [0.2, 0.25) is 0 Å². The van der Waals surface area contributed by atoms with Crippen LogP contribution in [0.25, 0.3) is 0 Å². The predicted molar refractivity (Wildman–Crippen MR) is 79.5 cm³/mol. The smallest absolute Gasteiger partial charge is 0.130 e. The Morgan fingerprint density at radius 2 is 1.85 bits per heavy atom. The van der Waals surface area contributed by atoms with Crippen molar-refractivity contribution in [3.63, 3.8) is 0 Å². The summed E-state index contributed by atoms with van der Waals surface area (Å²) in [7, 11) is 1.67. The number of benzene rings is 2. The van der Waals surface area contributed by atoms with Gasteiger partial charge in [0.05, 0.1) is 7.11 Å². The minimum Gasteiger partial charge on any atom is -0.497 e. The zero-order valence-corrected chi connectivity index (χ0v) is 12.0. The molecule has 2 aromatic rings. The van der Waals surface area contributed by atoms with Gasteiger partial charge in [-0.2, -0.15) is 0 Å². The van der Waals surface area contributed by atoms with Crippen LogP contribution >= 0.6 is 0 Å². The van der Waals surface area contributed by atoms with Crippen molar-refractivity contribution in [1.82, 2.24) is 0 Å². The zero-order chi connectivity index (χ0) is 14.4. The van der Waals surface area contributed by atoms with Crippen molar-refractivity contribution in [1.29, 1.82) is 0 Å². The minimum absolute atomic E-state index is 0.101. The van der Waals surface area contributed by atoms with E-state index in [0.29, 0.717) is 0 Å². The lowest BCUT2D eigenvalue weighted by molar-refractivity contribution is -0.709. The topological polar surface area (TPSA) is 46.1 Å². The molecule has 0 radical (unpaired) electrons. The lowest BCUT2D eigenvalue weighted by Gasteiger charge is -2.18. The number of aliphatic hydroxyl groups is 1. The number of ether oxygens (including phenoxy) is 1. The molecule has 3 nitrogen and oxygen atoms in total. The van der Waals surface area contributed by atoms with Crippen LogP contribution in [0, 0.1) is 0 Å². The van der Waals surface area contributed by atoms with Gasteiger partial charge in [0.25, 0.3) is 0 Å². The molecule has 3 N–H and O–H groups in total. The highest BCUT2D eigenvalue weighted by atomic mass is 16.5. The predicted octanol–water partition coefficient (Wildman–Crippen LogP) is 1.88. The SMILES string of the molecule is COc1cccc(C[NH2+][C@H](C)[C@H](O)c2ccccc2)c1. The normalized spacial score (nSPS) is 13.8. The van der Waals surface area contributed by atoms with E-state index >= 15 is 0 Å². The lowest BCUT2D eigenvalue weighted by atomic mass is 10.0. The van der Waals surface area contributed by atoms with Crippen LogP contribution in [0.4, 0.5) is 0 Å². The molecule has 0 aliphatic carbocycles. The average molecular weight is 272 g/mol. The maximum Gasteiger partial charge on any atom is 0.130 e. The maximum absolute atomic E-state index is 10.3. The molecule has 2 atom stereocenters. The first-order valence-electron chi connectivity index (χ1n) is 6.90. The van der Waals surface area contributed by atoms with Crippen LogP contribution in [0.3, 0.4) is 0 Å². The molecule has 0 aliphatic heterocycles. The Bertz CT molecular complexity index is 528. The van der Waals surface area contributed by atoms with E-state index in [-0.39, 0.29) is 6.04 Å². The molecule has 3 heteroatoms. The lowest BCUT2D eigenvalue weighted by Crippen LogP contribution is -2.88. The number of hydrogen-bond acceptors (Lipinski definition) is 2. The van der Waals surface area contributed by atoms with Crippen LogP contribution in [0.2, 0.25) is 0 Å². The first kappa shape index (κ1) is 14.6. The van der Waals surface area contributed by atoms with Gasteiger partial charge < -0.3 is 15.2 Å². The number of rotatable bonds is 6. The molecule has 0 unspecified atom stereocenters. The highest BCUT2D eigenvalue weighted by molar-refractivity contribution is 5.27. The number of quaternary nitrogens is 1. The molecule has 0 aliphatic rings. The fraction of sp³-hybridized carbons (Fsp3) is 0.294. The highest BCUT2D eigenvalue weighted by Gasteiger charge is 2.18. The van der Waals surface area contributed by atoms with E-state index in [1.165, 1.54) is 5.56 Å². The van der Waals surface area contributed by atoms with Crippen molar-refractivity contribution in [3.8, 4) is 5.75 Å². The molecule has 0 aromatic heterocycles. The van der Waals surface area contributed by atoms with Gasteiger partial charge in [-0.1, -0.05) is 42.5 Å². The molecule has 2 rings (SSSR count). The Morgan fingerprint density at radius 1 is 1.10 bits per heavy atom. The first-order chi connectivity index (χ1) is 9.70. The second-order valence-corrected chi connectivity index (χ2v) is 5.01. The minimum atomic E-state index is -0.457. The van der Waals surface area contributed by atoms with Crippen LogP contribution < -0.4 is 10.1 Å². The van der Waals surface area contributed by atoms with Gasteiger partial charge in [-0.3, -0.25) is 0 Å². The van der Waals surface area contributed by atoms with E-state index in [0.717, 1.165) is 17.9 Å². The van der Waals surface area contributed by atoms with Gasteiger partial charge in [0.1, 0.15) is 24.4 Å². The number of aliphatic hydroxyl groups excluding tert-OH is 1. The Morgan fingerprint density at radius 3 is 2.55 bits per heavy atom. The van der Waals surface area contributed by atoms with Crippen LogP contribution in [0.15, 0.2) is 54.6 Å². The van der Waals surface area contributed by atoms with E-state index in [2.05, 4.69) is 11.4 Å². The van der Waals surface area contributed by atoms with Gasteiger partial charge in [-0.25, -0.2) is 0 Å². The maximum atomic E-state index is 10.3. The van der Waals surface area contributed by atoms with Gasteiger partial charge in [0, 0.05) is 5.56 Å². The number of methoxy groups -OCH3 is 1. The van der Waals surface area contributed by atoms with Crippen LogP contribution in [0.5, 0.6) is 5.75 Å². The Labute approximate surface area is 120 Å². The first-order valence-corrected chi connectivity index (χ1v) is 6.90. The fourth-order valence-electron chi connectivity index (χ4n) is 2.20. The summed E-state index contributed by atoms with van der Waals surface area (Å²) < 4.78 is 5.22. The van der Waals surface area contributed by atoms with Crippen molar-refractivity contribution in [3.05, 3.63) is 65.7 Å². The molecule has 0 bridgehead atoms. The van der Waals surface area contributed by atoms with E-state index < -0.39 is 6.10 Å². The summed E-state index contributed by atoms with van der Waals surface area (Å²) >= 11 is 0.